The first-order valence-electron chi connectivity index (χ1n) is 10.3. The average Bonchev–Trinajstić information content (AvgIpc) is 3.31. The number of hydrogen-bond acceptors (Lipinski definition) is 10. The molecular formula is C19H27FN6O6. The first-order chi connectivity index (χ1) is 15.1. The van der Waals surface area contributed by atoms with Crippen LogP contribution >= 0.6 is 0 Å². The van der Waals surface area contributed by atoms with Crippen molar-refractivity contribution < 1.29 is 33.4 Å². The molecule has 5 N–H and O–H groups in total. The summed E-state index contributed by atoms with van der Waals surface area (Å²) in [7, 11) is 0. The largest absolute Gasteiger partial charge is 0.453 e. The molecule has 3 aliphatic rings. The van der Waals surface area contributed by atoms with Gasteiger partial charge in [-0.2, -0.15) is 4.99 Å². The van der Waals surface area contributed by atoms with Crippen molar-refractivity contribution in [1.82, 2.24) is 10.2 Å². The maximum Gasteiger partial charge on any atom is 0.323 e. The second-order valence-corrected chi connectivity index (χ2v) is 8.13. The van der Waals surface area contributed by atoms with Crippen LogP contribution < -0.4 is 11.1 Å². The van der Waals surface area contributed by atoms with E-state index in [1.807, 2.05) is 0 Å². The molecule has 0 saturated carbocycles. The highest BCUT2D eigenvalue weighted by molar-refractivity contribution is 6.39. The quantitative estimate of drug-likeness (QED) is 0.262. The molecule has 0 aromatic carbocycles. The number of aliphatic hydroxyl groups is 1. The molecule has 1 fully saturated rings. The summed E-state index contributed by atoms with van der Waals surface area (Å²) in [6, 6.07) is -0.969. The van der Waals surface area contributed by atoms with Crippen LogP contribution in [0.4, 0.5) is 4.39 Å². The number of carbonyl (C=O) groups is 3. The van der Waals surface area contributed by atoms with E-state index in [1.165, 1.54) is 4.90 Å². The lowest BCUT2D eigenvalue weighted by Crippen LogP contribution is -2.65. The Morgan fingerprint density at radius 3 is 2.78 bits per heavy atom. The van der Waals surface area contributed by atoms with E-state index in [1.54, 1.807) is 20.8 Å². The number of amidine groups is 1. The number of amides is 1. The molecule has 6 atom stereocenters. The molecule has 1 saturated heterocycles. The van der Waals surface area contributed by atoms with Gasteiger partial charge in [-0.25, -0.2) is 9.38 Å². The van der Waals surface area contributed by atoms with Gasteiger partial charge < -0.3 is 20.3 Å². The molecule has 0 aromatic heterocycles. The zero-order chi connectivity index (χ0) is 23.8. The molecular weight excluding hydrogens is 427 g/mol. The molecule has 12 nitrogen and oxygen atoms in total. The van der Waals surface area contributed by atoms with Gasteiger partial charge in [0.1, 0.15) is 24.5 Å². The van der Waals surface area contributed by atoms with Crippen LogP contribution in [-0.2, 0) is 23.9 Å². The molecule has 0 spiro atoms. The van der Waals surface area contributed by atoms with E-state index in [0.29, 0.717) is 0 Å². The molecule has 3 rings (SSSR count). The number of ketones is 1. The number of ether oxygens (including phenoxy) is 2. The fraction of sp³-hybridized carbons (Fsp3) is 0.684. The van der Waals surface area contributed by atoms with Crippen molar-refractivity contribution in [3.63, 3.8) is 0 Å². The smallest absolute Gasteiger partial charge is 0.323 e. The molecule has 0 aliphatic carbocycles. The zero-order valence-electron chi connectivity index (χ0n) is 17.9. The van der Waals surface area contributed by atoms with E-state index in [-0.39, 0.29) is 24.6 Å². The van der Waals surface area contributed by atoms with Gasteiger partial charge in [-0.3, -0.25) is 30.0 Å². The topological polar surface area (TPSA) is 180 Å². The van der Waals surface area contributed by atoms with Gasteiger partial charge in [0.15, 0.2) is 11.9 Å². The van der Waals surface area contributed by atoms with Crippen LogP contribution in [0.3, 0.4) is 0 Å². The van der Waals surface area contributed by atoms with E-state index in [9.17, 15) is 23.9 Å². The Hall–Kier alpha value is -2.77. The van der Waals surface area contributed by atoms with Crippen LogP contribution in [0.25, 0.3) is 0 Å². The molecule has 3 unspecified atom stereocenters. The van der Waals surface area contributed by atoms with Crippen LogP contribution in [0.1, 0.15) is 33.6 Å². The Morgan fingerprint density at radius 2 is 2.22 bits per heavy atom. The second-order valence-electron chi connectivity index (χ2n) is 8.13. The number of fused-ring (bicyclic) bond motifs is 1. The first kappa shape index (κ1) is 23.9. The van der Waals surface area contributed by atoms with E-state index in [2.05, 4.69) is 15.3 Å². The monoisotopic (exact) mass is 454 g/mol. The fourth-order valence-electron chi connectivity index (χ4n) is 3.64. The summed E-state index contributed by atoms with van der Waals surface area (Å²) < 4.78 is 24.9. The number of nitrogens with zero attached hydrogens (tertiary/aromatic N) is 3. The summed E-state index contributed by atoms with van der Waals surface area (Å²) in [5, 5.41) is 19.2. The second kappa shape index (κ2) is 9.00. The van der Waals surface area contributed by atoms with Crippen molar-refractivity contribution in [2.45, 2.75) is 69.8 Å². The molecule has 13 heteroatoms. The van der Waals surface area contributed by atoms with Crippen LogP contribution in [0, 0.1) is 11.3 Å². The maximum absolute atomic E-state index is 14.1. The lowest BCUT2D eigenvalue weighted by atomic mass is 9.86. The van der Waals surface area contributed by atoms with Crippen molar-refractivity contribution in [3.8, 4) is 0 Å². The minimum Gasteiger partial charge on any atom is -0.453 e. The summed E-state index contributed by atoms with van der Waals surface area (Å²) in [4.78, 5) is 48.0. The molecule has 0 radical (unpaired) electrons. The predicted octanol–water partition coefficient (Wildman–Crippen LogP) is -1.15. The third-order valence-corrected chi connectivity index (χ3v) is 5.64. The molecule has 0 aromatic rings. The Morgan fingerprint density at radius 1 is 1.53 bits per heavy atom. The summed E-state index contributed by atoms with van der Waals surface area (Å²) in [6.45, 7) is 4.47. The predicted molar refractivity (Wildman–Crippen MR) is 110 cm³/mol. The van der Waals surface area contributed by atoms with Gasteiger partial charge in [-0.05, 0) is 12.3 Å². The van der Waals surface area contributed by atoms with Gasteiger partial charge in [0.2, 0.25) is 11.7 Å². The number of aliphatic imine (C=N–C) groups is 2. The van der Waals surface area contributed by atoms with Gasteiger partial charge in [-0.1, -0.05) is 20.8 Å². The maximum atomic E-state index is 14.1. The van der Waals surface area contributed by atoms with E-state index >= 15 is 0 Å². The Balaban J connectivity index is 1.92. The number of alkyl halides is 1. The number of nitrogens with one attached hydrogen (secondary N) is 2. The van der Waals surface area contributed by atoms with Crippen molar-refractivity contribution >= 4 is 35.8 Å². The van der Waals surface area contributed by atoms with Crippen LogP contribution in [0.5, 0.6) is 0 Å². The lowest BCUT2D eigenvalue weighted by Gasteiger charge is -2.34. The average molecular weight is 454 g/mol. The van der Waals surface area contributed by atoms with Crippen molar-refractivity contribution in [3.05, 3.63) is 0 Å². The SMILES string of the molecule is CCC(OC(=O)[C@@H](N)C(C)C)C(=O)C12N=CN([C@H]3CC(F)[C@@H](CO)O3)C1=NC(=N)NC2=O. The number of hydrogen-bond donors (Lipinski definition) is 4. The molecule has 3 heterocycles. The van der Waals surface area contributed by atoms with Gasteiger partial charge in [0.05, 0.1) is 12.9 Å². The lowest BCUT2D eigenvalue weighted by molar-refractivity contribution is -0.159. The number of carbonyl (C=O) groups excluding carboxylic acids is 3. The fourth-order valence-corrected chi connectivity index (χ4v) is 3.64. The number of Topliss-reactive ketones (excluding diaryl/α,β-unsaturated/α-hetero) is 1. The minimum absolute atomic E-state index is 0.0315. The Bertz CT molecular complexity index is 878. The van der Waals surface area contributed by atoms with Gasteiger partial charge >= 0.3 is 5.97 Å². The third-order valence-electron chi connectivity index (χ3n) is 5.64. The standard InChI is InChI=1S/C19H27FN6O6/c1-4-10(32-15(29)13(21)8(2)3)14(28)19-16(24-18(22)25-17(19)30)26(7-23-19)12-5-9(20)11(6-27)31-12/h7-13,27H,4-6,21H2,1-3H3,(H2,22,25,30)/t9?,10?,11-,12-,13+,19?/m1/s1. The van der Waals surface area contributed by atoms with Gasteiger partial charge in [-0.15, -0.1) is 0 Å². The van der Waals surface area contributed by atoms with Crippen LogP contribution in [0.15, 0.2) is 9.98 Å². The van der Waals surface area contributed by atoms with E-state index in [4.69, 9.17) is 20.6 Å². The summed E-state index contributed by atoms with van der Waals surface area (Å²) >= 11 is 0. The number of guanidine groups is 1. The van der Waals surface area contributed by atoms with Crippen molar-refractivity contribution in [2.75, 3.05) is 6.61 Å². The minimum atomic E-state index is -2.24. The highest BCUT2D eigenvalue weighted by Gasteiger charge is 2.61. The van der Waals surface area contributed by atoms with E-state index in [0.717, 1.165) is 6.34 Å². The number of aliphatic hydroxyl groups excluding tert-OH is 1. The summed E-state index contributed by atoms with van der Waals surface area (Å²) in [5.74, 6) is -3.66. The highest BCUT2D eigenvalue weighted by atomic mass is 19.1. The normalized spacial score (nSPS) is 31.3. The number of nitrogens with two attached hydrogens (primary N) is 1. The molecule has 32 heavy (non-hydrogen) atoms. The van der Waals surface area contributed by atoms with Gasteiger partial charge in [0.25, 0.3) is 11.4 Å². The Kier molecular flexibility index (Phi) is 6.72. The molecule has 1 amide bonds. The van der Waals surface area contributed by atoms with Gasteiger partial charge in [0, 0.05) is 6.42 Å². The number of esters is 1. The number of halogens is 1. The Labute approximate surface area is 183 Å². The molecule has 0 bridgehead atoms. The molecule has 176 valence electrons. The molecule has 3 aliphatic heterocycles. The van der Waals surface area contributed by atoms with Crippen LogP contribution in [-0.4, -0.2) is 88.6 Å². The highest BCUT2D eigenvalue weighted by Crippen LogP contribution is 2.34. The number of rotatable bonds is 8. The van der Waals surface area contributed by atoms with E-state index < -0.39 is 66.4 Å². The summed E-state index contributed by atoms with van der Waals surface area (Å²) in [5.41, 5.74) is 3.57. The van der Waals surface area contributed by atoms with Crippen LogP contribution in [0.2, 0.25) is 0 Å². The van der Waals surface area contributed by atoms with Crippen molar-refractivity contribution in [1.29, 1.82) is 5.41 Å². The van der Waals surface area contributed by atoms with Crippen molar-refractivity contribution in [2.24, 2.45) is 21.6 Å². The summed E-state index contributed by atoms with van der Waals surface area (Å²) in [6.07, 6.45) is -3.97. The third kappa shape index (κ3) is 3.91. The zero-order valence-corrected chi connectivity index (χ0v) is 17.9. The first-order valence-corrected chi connectivity index (χ1v) is 10.3.